The maximum Gasteiger partial charge on any atom is 0.265 e. The number of carbonyl (C=O) groups is 1. The van der Waals surface area contributed by atoms with E-state index in [-0.39, 0.29) is 5.91 Å². The average Bonchev–Trinajstić information content (AvgIpc) is 3.31. The molecule has 3 aromatic rings. The van der Waals surface area contributed by atoms with Gasteiger partial charge in [-0.1, -0.05) is 23.7 Å². The smallest absolute Gasteiger partial charge is 0.265 e. The van der Waals surface area contributed by atoms with Crippen molar-refractivity contribution in [1.29, 1.82) is 0 Å². The van der Waals surface area contributed by atoms with Gasteiger partial charge < -0.3 is 9.80 Å². The van der Waals surface area contributed by atoms with Gasteiger partial charge in [0.05, 0.1) is 16.4 Å². The Labute approximate surface area is 165 Å². The van der Waals surface area contributed by atoms with Crippen molar-refractivity contribution in [3.05, 3.63) is 56.7 Å². The molecule has 0 radical (unpaired) electrons. The van der Waals surface area contributed by atoms with Gasteiger partial charge in [-0.15, -0.1) is 11.3 Å². The van der Waals surface area contributed by atoms with E-state index in [1.165, 1.54) is 11.3 Å². The first-order valence-corrected chi connectivity index (χ1v) is 10.6. The molecule has 0 unspecified atom stereocenters. The molecule has 7 heteroatoms. The number of hydrogen-bond donors (Lipinski definition) is 0. The van der Waals surface area contributed by atoms with E-state index in [9.17, 15) is 4.79 Å². The highest BCUT2D eigenvalue weighted by molar-refractivity contribution is 7.17. The Hall–Kier alpha value is -1.89. The highest BCUT2D eigenvalue weighted by Crippen LogP contribution is 2.31. The molecule has 3 heterocycles. The molecular weight excluding hydrogens is 386 g/mol. The zero-order valence-electron chi connectivity index (χ0n) is 14.3. The van der Waals surface area contributed by atoms with Crippen LogP contribution in [0.5, 0.6) is 0 Å². The van der Waals surface area contributed by atoms with Crippen LogP contribution in [0.1, 0.15) is 15.4 Å². The summed E-state index contributed by atoms with van der Waals surface area (Å²) >= 11 is 9.43. The monoisotopic (exact) mass is 403 g/mol. The maximum absolute atomic E-state index is 13.0. The van der Waals surface area contributed by atoms with Crippen molar-refractivity contribution >= 4 is 45.9 Å². The zero-order valence-corrected chi connectivity index (χ0v) is 16.7. The van der Waals surface area contributed by atoms with Crippen molar-refractivity contribution in [1.82, 2.24) is 9.88 Å². The minimum absolute atomic E-state index is 0.0836. The number of aromatic nitrogens is 1. The molecule has 1 aromatic carbocycles. The van der Waals surface area contributed by atoms with Crippen LogP contribution >= 0.6 is 34.3 Å². The molecule has 4 rings (SSSR count). The van der Waals surface area contributed by atoms with Crippen molar-refractivity contribution in [3.63, 3.8) is 0 Å². The first-order valence-electron chi connectivity index (χ1n) is 8.42. The predicted molar refractivity (Wildman–Crippen MR) is 110 cm³/mol. The summed E-state index contributed by atoms with van der Waals surface area (Å²) in [5.41, 5.74) is 2.94. The summed E-state index contributed by atoms with van der Waals surface area (Å²) in [6.45, 7) is 4.86. The number of anilines is 1. The third-order valence-corrected chi connectivity index (χ3v) is 6.72. The molecule has 1 aliphatic rings. The van der Waals surface area contributed by atoms with Crippen molar-refractivity contribution in [2.24, 2.45) is 0 Å². The van der Waals surface area contributed by atoms with E-state index in [2.05, 4.69) is 15.3 Å². The Balaban J connectivity index is 1.47. The molecule has 4 nitrogen and oxygen atoms in total. The lowest BCUT2D eigenvalue weighted by Crippen LogP contribution is -2.48. The molecule has 1 aliphatic heterocycles. The average molecular weight is 404 g/mol. The van der Waals surface area contributed by atoms with Crippen LogP contribution in [0, 0.1) is 6.92 Å². The van der Waals surface area contributed by atoms with E-state index in [0.717, 1.165) is 44.9 Å². The molecule has 0 spiro atoms. The van der Waals surface area contributed by atoms with Gasteiger partial charge in [-0.05, 0) is 30.5 Å². The Morgan fingerprint density at radius 2 is 1.92 bits per heavy atom. The standard InChI is InChI=1S/C19H18ClN3OS2/c1-13-17(26-18(21-13)14-6-11-25-12-14)19(24)23-9-7-22(8-10-23)16-5-3-2-4-15(16)20/h2-6,11-12H,7-10H2,1H3. The second kappa shape index (κ2) is 7.39. The van der Waals surface area contributed by atoms with E-state index in [1.54, 1.807) is 11.3 Å². The molecule has 0 bridgehead atoms. The van der Waals surface area contributed by atoms with Crippen LogP contribution in [0.3, 0.4) is 0 Å². The summed E-state index contributed by atoms with van der Waals surface area (Å²) in [5, 5.41) is 5.77. The van der Waals surface area contributed by atoms with Crippen LogP contribution in [0.15, 0.2) is 41.1 Å². The number of piperazine rings is 1. The van der Waals surface area contributed by atoms with Gasteiger partial charge in [0, 0.05) is 37.1 Å². The minimum atomic E-state index is 0.0836. The summed E-state index contributed by atoms with van der Waals surface area (Å²) in [7, 11) is 0. The number of hydrogen-bond acceptors (Lipinski definition) is 5. The second-order valence-electron chi connectivity index (χ2n) is 6.18. The van der Waals surface area contributed by atoms with Gasteiger partial charge in [-0.25, -0.2) is 4.98 Å². The van der Waals surface area contributed by atoms with Crippen LogP contribution in [-0.4, -0.2) is 42.0 Å². The molecular formula is C19H18ClN3OS2. The van der Waals surface area contributed by atoms with Gasteiger partial charge in [0.25, 0.3) is 5.91 Å². The van der Waals surface area contributed by atoms with Gasteiger partial charge in [0.1, 0.15) is 9.88 Å². The summed E-state index contributed by atoms with van der Waals surface area (Å²) in [6.07, 6.45) is 0. The molecule has 134 valence electrons. The minimum Gasteiger partial charge on any atom is -0.367 e. The van der Waals surface area contributed by atoms with Crippen molar-refractivity contribution in [2.45, 2.75) is 6.92 Å². The largest absolute Gasteiger partial charge is 0.367 e. The summed E-state index contributed by atoms with van der Waals surface area (Å²) in [6, 6.07) is 9.90. The van der Waals surface area contributed by atoms with Gasteiger partial charge in [-0.3, -0.25) is 4.79 Å². The highest BCUT2D eigenvalue weighted by atomic mass is 35.5. The summed E-state index contributed by atoms with van der Waals surface area (Å²) < 4.78 is 0. The summed E-state index contributed by atoms with van der Waals surface area (Å²) in [5.74, 6) is 0.0836. The van der Waals surface area contributed by atoms with Gasteiger partial charge >= 0.3 is 0 Å². The fourth-order valence-corrected chi connectivity index (χ4v) is 5.11. The van der Waals surface area contributed by atoms with Gasteiger partial charge in [0.15, 0.2) is 0 Å². The Morgan fingerprint density at radius 1 is 1.15 bits per heavy atom. The number of thiophene rings is 1. The molecule has 0 aliphatic carbocycles. The number of benzene rings is 1. The molecule has 0 saturated carbocycles. The van der Waals surface area contributed by atoms with E-state index >= 15 is 0 Å². The zero-order chi connectivity index (χ0) is 18.1. The molecule has 0 atom stereocenters. The maximum atomic E-state index is 13.0. The van der Waals surface area contributed by atoms with Crippen molar-refractivity contribution in [2.75, 3.05) is 31.1 Å². The lowest BCUT2D eigenvalue weighted by Gasteiger charge is -2.36. The van der Waals surface area contributed by atoms with Crippen LogP contribution < -0.4 is 4.90 Å². The number of thiazole rings is 1. The number of para-hydroxylation sites is 1. The van der Waals surface area contributed by atoms with Gasteiger partial charge in [-0.2, -0.15) is 11.3 Å². The number of carbonyl (C=O) groups excluding carboxylic acids is 1. The first kappa shape index (κ1) is 17.5. The Bertz CT molecular complexity index is 915. The molecule has 26 heavy (non-hydrogen) atoms. The van der Waals surface area contributed by atoms with Crippen LogP contribution in [0.4, 0.5) is 5.69 Å². The molecule has 0 N–H and O–H groups in total. The number of aryl methyl sites for hydroxylation is 1. The van der Waals surface area contributed by atoms with Crippen LogP contribution in [-0.2, 0) is 0 Å². The van der Waals surface area contributed by atoms with Crippen molar-refractivity contribution in [3.8, 4) is 10.6 Å². The number of halogens is 1. The number of rotatable bonds is 3. The highest BCUT2D eigenvalue weighted by Gasteiger charge is 2.26. The van der Waals surface area contributed by atoms with E-state index in [0.29, 0.717) is 13.1 Å². The van der Waals surface area contributed by atoms with E-state index in [1.807, 2.05) is 47.5 Å². The normalized spacial score (nSPS) is 14.7. The molecule has 1 amide bonds. The Kier molecular flexibility index (Phi) is 4.98. The van der Waals surface area contributed by atoms with Crippen LogP contribution in [0.2, 0.25) is 5.02 Å². The Morgan fingerprint density at radius 3 is 2.62 bits per heavy atom. The molecule has 1 fully saturated rings. The van der Waals surface area contributed by atoms with Crippen molar-refractivity contribution < 1.29 is 4.79 Å². The van der Waals surface area contributed by atoms with Gasteiger partial charge in [0.2, 0.25) is 0 Å². The predicted octanol–water partition coefficient (Wildman–Crippen LogP) is 4.80. The fourth-order valence-electron chi connectivity index (χ4n) is 3.11. The molecule has 1 saturated heterocycles. The number of amides is 1. The lowest BCUT2D eigenvalue weighted by atomic mass is 10.2. The fraction of sp³-hybridized carbons (Fsp3) is 0.263. The second-order valence-corrected chi connectivity index (χ2v) is 8.36. The number of nitrogens with zero attached hydrogens (tertiary/aromatic N) is 3. The quantitative estimate of drug-likeness (QED) is 0.630. The third kappa shape index (κ3) is 3.37. The third-order valence-electron chi connectivity index (χ3n) is 4.52. The topological polar surface area (TPSA) is 36.4 Å². The summed E-state index contributed by atoms with van der Waals surface area (Å²) in [4.78, 5) is 22.5. The van der Waals surface area contributed by atoms with E-state index in [4.69, 9.17) is 11.6 Å². The molecule has 2 aromatic heterocycles. The SMILES string of the molecule is Cc1nc(-c2ccsc2)sc1C(=O)N1CCN(c2ccccc2Cl)CC1. The lowest BCUT2D eigenvalue weighted by molar-refractivity contribution is 0.0750. The first-order chi connectivity index (χ1) is 12.6. The van der Waals surface area contributed by atoms with E-state index < -0.39 is 0 Å². The van der Waals surface area contributed by atoms with Crippen LogP contribution in [0.25, 0.3) is 10.6 Å².